The Hall–Kier alpha value is -3.52. The summed E-state index contributed by atoms with van der Waals surface area (Å²) in [6, 6.07) is 20.0. The van der Waals surface area contributed by atoms with Crippen LogP contribution in [0.1, 0.15) is 34.3 Å². The number of amides is 1. The number of sulfonamides is 1. The highest BCUT2D eigenvalue weighted by molar-refractivity contribution is 7.91. The van der Waals surface area contributed by atoms with Crippen LogP contribution < -0.4 is 4.72 Å². The number of benzene rings is 3. The maximum absolute atomic E-state index is 13.2. The maximum Gasteiger partial charge on any atom is 0.253 e. The number of sulfone groups is 1. The van der Waals surface area contributed by atoms with Crippen molar-refractivity contribution in [3.8, 4) is 6.07 Å². The minimum Gasteiger partial charge on any atom is -0.339 e. The zero-order valence-electron chi connectivity index (χ0n) is 19.6. The van der Waals surface area contributed by atoms with Crippen LogP contribution in [0.2, 0.25) is 0 Å². The summed E-state index contributed by atoms with van der Waals surface area (Å²) in [4.78, 5) is 14.3. The second-order valence-electron chi connectivity index (χ2n) is 8.62. The minimum atomic E-state index is -4.00. The second kappa shape index (κ2) is 10.2. The molecule has 0 spiro atoms. The summed E-state index contributed by atoms with van der Waals surface area (Å²) >= 11 is 0. The lowest BCUT2D eigenvalue weighted by atomic mass is 10.0. The van der Waals surface area contributed by atoms with E-state index in [2.05, 4.69) is 4.72 Å². The lowest BCUT2D eigenvalue weighted by Crippen LogP contribution is -2.46. The number of nitrogens with one attached hydrogen (secondary N) is 1. The van der Waals surface area contributed by atoms with E-state index in [1.54, 1.807) is 54.3 Å². The van der Waals surface area contributed by atoms with Crippen molar-refractivity contribution in [3.05, 3.63) is 89.5 Å². The molecule has 1 saturated heterocycles. The molecule has 0 radical (unpaired) electrons. The van der Waals surface area contributed by atoms with Gasteiger partial charge in [-0.2, -0.15) is 5.26 Å². The molecule has 1 aliphatic heterocycles. The van der Waals surface area contributed by atoms with E-state index in [-0.39, 0.29) is 20.6 Å². The van der Waals surface area contributed by atoms with E-state index >= 15 is 0 Å². The molecule has 8 nitrogen and oxygen atoms in total. The molecule has 1 heterocycles. The van der Waals surface area contributed by atoms with E-state index < -0.39 is 25.9 Å². The highest BCUT2D eigenvalue weighted by Crippen LogP contribution is 2.26. The van der Waals surface area contributed by atoms with E-state index in [0.29, 0.717) is 42.6 Å². The number of piperidine rings is 1. The third-order valence-corrected chi connectivity index (χ3v) is 9.61. The van der Waals surface area contributed by atoms with Crippen LogP contribution in [-0.2, 0) is 19.9 Å². The number of hydrogen-bond donors (Lipinski definition) is 1. The molecule has 1 aliphatic rings. The van der Waals surface area contributed by atoms with Crippen molar-refractivity contribution in [1.29, 1.82) is 5.26 Å². The molecule has 3 aromatic carbocycles. The van der Waals surface area contributed by atoms with E-state index in [0.717, 1.165) is 0 Å². The molecule has 186 valence electrons. The Kier molecular flexibility index (Phi) is 7.26. The molecular formula is C26H25N3O5S2. The average molecular weight is 524 g/mol. The molecule has 3 aromatic rings. The highest BCUT2D eigenvalue weighted by atomic mass is 32.2. The summed E-state index contributed by atoms with van der Waals surface area (Å²) in [5.74, 6) is -0.171. The van der Waals surface area contributed by atoms with Gasteiger partial charge in [-0.05, 0) is 73.9 Å². The molecule has 1 N–H and O–H groups in total. The van der Waals surface area contributed by atoms with Crippen LogP contribution >= 0.6 is 0 Å². The van der Waals surface area contributed by atoms with Gasteiger partial charge in [-0.1, -0.05) is 24.3 Å². The molecule has 36 heavy (non-hydrogen) atoms. The molecule has 0 bridgehead atoms. The van der Waals surface area contributed by atoms with Gasteiger partial charge >= 0.3 is 0 Å². The topological polar surface area (TPSA) is 124 Å². The molecule has 0 unspecified atom stereocenters. The summed E-state index contributed by atoms with van der Waals surface area (Å²) in [6.07, 6.45) is 0.838. The summed E-state index contributed by atoms with van der Waals surface area (Å²) in [5, 5.41) is 8.91. The molecule has 10 heteroatoms. The van der Waals surface area contributed by atoms with Crippen LogP contribution in [0, 0.1) is 18.3 Å². The smallest absolute Gasteiger partial charge is 0.253 e. The Morgan fingerprint density at radius 3 is 2.17 bits per heavy atom. The maximum atomic E-state index is 13.2. The third-order valence-electron chi connectivity index (χ3n) is 6.18. The first-order valence-electron chi connectivity index (χ1n) is 11.3. The van der Waals surface area contributed by atoms with Crippen molar-refractivity contribution in [2.24, 2.45) is 0 Å². The van der Waals surface area contributed by atoms with Gasteiger partial charge in [0.25, 0.3) is 5.91 Å². The number of aryl methyl sites for hydroxylation is 1. The lowest BCUT2D eigenvalue weighted by Gasteiger charge is -2.32. The van der Waals surface area contributed by atoms with Crippen LogP contribution in [0.25, 0.3) is 0 Å². The predicted octanol–water partition coefficient (Wildman–Crippen LogP) is 3.28. The molecule has 0 atom stereocenters. The second-order valence-corrected chi connectivity index (χ2v) is 12.3. The highest BCUT2D eigenvalue weighted by Gasteiger charge is 2.29. The summed E-state index contributed by atoms with van der Waals surface area (Å²) < 4.78 is 55.1. The van der Waals surface area contributed by atoms with E-state index in [1.165, 1.54) is 30.3 Å². The predicted molar refractivity (Wildman–Crippen MR) is 133 cm³/mol. The fraction of sp³-hybridized carbons (Fsp3) is 0.231. The van der Waals surface area contributed by atoms with Crippen LogP contribution in [0.15, 0.2) is 87.5 Å². The van der Waals surface area contributed by atoms with Gasteiger partial charge in [0, 0.05) is 24.7 Å². The molecule has 4 rings (SSSR count). The van der Waals surface area contributed by atoms with Crippen LogP contribution in [-0.4, -0.2) is 46.8 Å². The molecule has 1 amide bonds. The molecule has 0 saturated carbocycles. The Labute approximate surface area is 211 Å². The SMILES string of the molecule is Cc1ccc(S(=O)(=O)c2ccccc2)cc1S(=O)(=O)NC1CCN(C(=O)c2ccc(C#N)cc2)CC1. The van der Waals surface area contributed by atoms with Crippen molar-refractivity contribution >= 4 is 25.8 Å². The number of hydrogen-bond acceptors (Lipinski definition) is 6. The van der Waals surface area contributed by atoms with Gasteiger partial charge in [-0.25, -0.2) is 21.6 Å². The average Bonchev–Trinajstić information content (AvgIpc) is 2.89. The Bertz CT molecular complexity index is 1520. The van der Waals surface area contributed by atoms with Crippen molar-refractivity contribution in [2.45, 2.75) is 40.5 Å². The molecule has 0 aliphatic carbocycles. The number of carbonyl (C=O) groups is 1. The number of nitriles is 1. The zero-order valence-corrected chi connectivity index (χ0v) is 21.2. The standard InChI is InChI=1S/C26H25N3O5S2/c1-19-7-12-24(35(31,32)23-5-3-2-4-6-23)17-25(19)36(33,34)28-22-13-15-29(16-14-22)26(30)21-10-8-20(18-27)9-11-21/h2-12,17,22,28H,13-16H2,1H3. The zero-order chi connectivity index (χ0) is 25.9. The molecule has 1 fully saturated rings. The first kappa shape index (κ1) is 25.6. The Morgan fingerprint density at radius 1 is 0.917 bits per heavy atom. The number of rotatable bonds is 6. The first-order valence-corrected chi connectivity index (χ1v) is 14.3. The molecule has 0 aromatic heterocycles. The van der Waals surface area contributed by atoms with Crippen molar-refractivity contribution in [2.75, 3.05) is 13.1 Å². The van der Waals surface area contributed by atoms with Gasteiger partial charge in [-0.3, -0.25) is 4.79 Å². The quantitative estimate of drug-likeness (QED) is 0.529. The monoisotopic (exact) mass is 523 g/mol. The van der Waals surface area contributed by atoms with Gasteiger partial charge in [-0.15, -0.1) is 0 Å². The van der Waals surface area contributed by atoms with Gasteiger partial charge in [0.2, 0.25) is 19.9 Å². The minimum absolute atomic E-state index is 0.0874. The third kappa shape index (κ3) is 5.33. The lowest BCUT2D eigenvalue weighted by molar-refractivity contribution is 0.0711. The fourth-order valence-electron chi connectivity index (χ4n) is 4.13. The summed E-state index contributed by atoms with van der Waals surface area (Å²) in [7, 11) is -7.88. The van der Waals surface area contributed by atoms with Crippen LogP contribution in [0.4, 0.5) is 0 Å². The fourth-order valence-corrected chi connectivity index (χ4v) is 7.08. The van der Waals surface area contributed by atoms with Gasteiger partial charge in [0.15, 0.2) is 0 Å². The van der Waals surface area contributed by atoms with Gasteiger partial charge in [0.05, 0.1) is 26.3 Å². The normalized spacial score (nSPS) is 14.8. The molecular weight excluding hydrogens is 498 g/mol. The number of carbonyl (C=O) groups excluding carboxylic acids is 1. The number of nitrogens with zero attached hydrogens (tertiary/aromatic N) is 2. The van der Waals surface area contributed by atoms with Gasteiger partial charge < -0.3 is 4.90 Å². The summed E-state index contributed by atoms with van der Waals surface area (Å²) in [6.45, 7) is 2.35. The first-order chi connectivity index (χ1) is 17.1. The van der Waals surface area contributed by atoms with E-state index in [1.807, 2.05) is 6.07 Å². The van der Waals surface area contributed by atoms with Gasteiger partial charge in [0.1, 0.15) is 0 Å². The van der Waals surface area contributed by atoms with Crippen molar-refractivity contribution in [3.63, 3.8) is 0 Å². The van der Waals surface area contributed by atoms with Crippen LogP contribution in [0.3, 0.4) is 0 Å². The Balaban J connectivity index is 1.47. The van der Waals surface area contributed by atoms with Crippen molar-refractivity contribution < 1.29 is 21.6 Å². The number of likely N-dealkylation sites (tertiary alicyclic amines) is 1. The van der Waals surface area contributed by atoms with Crippen LogP contribution in [0.5, 0.6) is 0 Å². The largest absolute Gasteiger partial charge is 0.339 e. The van der Waals surface area contributed by atoms with E-state index in [9.17, 15) is 21.6 Å². The Morgan fingerprint density at radius 2 is 1.56 bits per heavy atom. The summed E-state index contributed by atoms with van der Waals surface area (Å²) in [5.41, 5.74) is 1.37. The van der Waals surface area contributed by atoms with E-state index in [4.69, 9.17) is 5.26 Å². The van der Waals surface area contributed by atoms with Crippen molar-refractivity contribution in [1.82, 2.24) is 9.62 Å².